The number of hydrogen-bond acceptors (Lipinski definition) is 6. The molecule has 2 aromatic carbocycles. The molecule has 0 unspecified atom stereocenters. The minimum absolute atomic E-state index is 0.0115. The molecule has 1 N–H and O–H groups in total. The fourth-order valence-electron chi connectivity index (χ4n) is 8.49. The van der Waals surface area contributed by atoms with E-state index in [1.165, 1.54) is 17.0 Å². The van der Waals surface area contributed by atoms with Crippen molar-refractivity contribution in [3.05, 3.63) is 83.0 Å². The van der Waals surface area contributed by atoms with Crippen LogP contribution in [0.2, 0.25) is 0 Å². The Hall–Kier alpha value is -4.19. The molecule has 4 heterocycles. The summed E-state index contributed by atoms with van der Waals surface area (Å²) in [5.41, 5.74) is 1.70. The second-order valence-electron chi connectivity index (χ2n) is 14.1. The van der Waals surface area contributed by atoms with Crippen molar-refractivity contribution in [1.82, 2.24) is 24.6 Å². The second kappa shape index (κ2) is 11.2. The highest BCUT2D eigenvalue weighted by Gasteiger charge is 2.50. The lowest BCUT2D eigenvalue weighted by Gasteiger charge is -2.47. The number of nitrogens with one attached hydrogen (secondary N) is 1. The number of carbonyl (C=O) groups excluding carboxylic acids is 2. The van der Waals surface area contributed by atoms with Gasteiger partial charge in [-0.1, -0.05) is 13.5 Å². The Balaban J connectivity index is 1.20. The lowest BCUT2D eigenvalue weighted by atomic mass is 9.58. The van der Waals surface area contributed by atoms with Crippen molar-refractivity contribution in [3.8, 4) is 0 Å². The van der Waals surface area contributed by atoms with Crippen LogP contribution in [0.4, 0.5) is 24.5 Å². The fraction of sp³-hybridized carbons (Fsp3) is 0.486. The van der Waals surface area contributed by atoms with Crippen LogP contribution in [-0.4, -0.2) is 69.1 Å². The van der Waals surface area contributed by atoms with Gasteiger partial charge in [-0.15, -0.1) is 10.2 Å². The number of amides is 2. The number of anilines is 2. The fourth-order valence-corrected chi connectivity index (χ4v) is 8.49. The maximum absolute atomic E-state index is 14.6. The third-order valence-electron chi connectivity index (χ3n) is 10.6. The van der Waals surface area contributed by atoms with Crippen LogP contribution in [0.15, 0.2) is 49.3 Å². The molecule has 3 aromatic rings. The number of alkyl halides is 3. The second-order valence-corrected chi connectivity index (χ2v) is 14.1. The zero-order valence-corrected chi connectivity index (χ0v) is 27.0. The Bertz CT molecular complexity index is 1750. The maximum Gasteiger partial charge on any atom is 0.416 e. The minimum atomic E-state index is -4.61. The molecule has 0 radical (unpaired) electrons. The van der Waals surface area contributed by atoms with Gasteiger partial charge in [0.2, 0.25) is 5.91 Å². The van der Waals surface area contributed by atoms with Crippen molar-refractivity contribution in [3.63, 3.8) is 0 Å². The zero-order chi connectivity index (χ0) is 33.3. The summed E-state index contributed by atoms with van der Waals surface area (Å²) >= 11 is 0. The number of benzene rings is 2. The van der Waals surface area contributed by atoms with Crippen molar-refractivity contribution in [2.75, 3.05) is 42.9 Å². The first-order valence-electron chi connectivity index (χ1n) is 16.3. The van der Waals surface area contributed by atoms with Crippen LogP contribution >= 0.6 is 0 Å². The summed E-state index contributed by atoms with van der Waals surface area (Å²) in [6.07, 6.45) is 0.950. The average Bonchev–Trinajstić information content (AvgIpc) is 3.71. The van der Waals surface area contributed by atoms with Gasteiger partial charge in [-0.3, -0.25) is 14.5 Å². The standard InChI is InChI=1S/C35H40F3N7O2/c1-5-30(46)44-19-33(20-44)7-8-43(18-33)16-23-9-27-28(29(10-23)35(36,37)38)17-45(31(27)47)26-12-24(11-25(13-26)39-6-2)34(14-22(3)15-34)32-41-40-21-42(32)4/h5,9-13,21-22,39H,1,6-8,14-20H2,2-4H3. The van der Waals surface area contributed by atoms with E-state index in [2.05, 4.69) is 40.0 Å². The maximum atomic E-state index is 14.6. The SMILES string of the molecule is C=CC(=O)N1CC2(CCN(Cc3cc4c(c(C(F)(F)F)c3)CN(c3cc(NCC)cc(C5(c6nncn6C)CC(C)C5)c3)C4=O)C2)C1. The van der Waals surface area contributed by atoms with E-state index in [0.717, 1.165) is 42.9 Å². The highest BCUT2D eigenvalue weighted by Crippen LogP contribution is 2.53. The first-order chi connectivity index (χ1) is 22.3. The van der Waals surface area contributed by atoms with E-state index in [4.69, 9.17) is 0 Å². The van der Waals surface area contributed by atoms with Crippen molar-refractivity contribution < 1.29 is 22.8 Å². The third kappa shape index (κ3) is 5.30. The molecule has 4 aliphatic rings. The van der Waals surface area contributed by atoms with Crippen LogP contribution < -0.4 is 10.2 Å². The van der Waals surface area contributed by atoms with Gasteiger partial charge in [-0.25, -0.2) is 0 Å². The van der Waals surface area contributed by atoms with Crippen molar-refractivity contribution in [2.24, 2.45) is 18.4 Å². The highest BCUT2D eigenvalue weighted by atomic mass is 19.4. The number of aromatic nitrogens is 3. The van der Waals surface area contributed by atoms with Crippen LogP contribution in [0.3, 0.4) is 0 Å². The average molecular weight is 648 g/mol. The molecule has 2 amide bonds. The number of halogens is 3. The number of aryl methyl sites for hydroxylation is 1. The van der Waals surface area contributed by atoms with Crippen LogP contribution in [0, 0.1) is 11.3 Å². The number of carbonyl (C=O) groups is 2. The van der Waals surface area contributed by atoms with Gasteiger partial charge < -0.3 is 19.7 Å². The molecule has 3 fully saturated rings. The number of likely N-dealkylation sites (tertiary alicyclic amines) is 2. The molecule has 9 nitrogen and oxygen atoms in total. The Kier molecular flexibility index (Phi) is 7.49. The van der Waals surface area contributed by atoms with Crippen LogP contribution in [-0.2, 0) is 36.5 Å². The minimum Gasteiger partial charge on any atom is -0.385 e. The quantitative estimate of drug-likeness (QED) is 0.332. The molecular weight excluding hydrogens is 607 g/mol. The number of rotatable bonds is 8. The Morgan fingerprint density at radius 2 is 1.91 bits per heavy atom. The van der Waals surface area contributed by atoms with Gasteiger partial charge >= 0.3 is 6.18 Å². The van der Waals surface area contributed by atoms with Gasteiger partial charge in [0.25, 0.3) is 5.91 Å². The van der Waals surface area contributed by atoms with E-state index in [-0.39, 0.29) is 29.0 Å². The zero-order valence-electron chi connectivity index (χ0n) is 27.0. The molecule has 0 atom stereocenters. The largest absolute Gasteiger partial charge is 0.416 e. The van der Waals surface area contributed by atoms with Crippen LogP contribution in [0.25, 0.3) is 0 Å². The predicted octanol–water partition coefficient (Wildman–Crippen LogP) is 5.36. The number of hydrogen-bond donors (Lipinski definition) is 1. The van der Waals surface area contributed by atoms with E-state index in [0.29, 0.717) is 49.9 Å². The summed E-state index contributed by atoms with van der Waals surface area (Å²) in [5, 5.41) is 11.9. The van der Waals surface area contributed by atoms with Crippen LogP contribution in [0.5, 0.6) is 0 Å². The van der Waals surface area contributed by atoms with Gasteiger partial charge in [-0.05, 0) is 91.7 Å². The molecule has 1 saturated carbocycles. The summed E-state index contributed by atoms with van der Waals surface area (Å²) in [5.74, 6) is 0.768. The van der Waals surface area contributed by atoms with E-state index in [1.54, 1.807) is 17.3 Å². The van der Waals surface area contributed by atoms with Gasteiger partial charge in [0, 0.05) is 62.1 Å². The molecule has 1 spiro atoms. The van der Waals surface area contributed by atoms with Crippen molar-refractivity contribution in [2.45, 2.75) is 57.8 Å². The Morgan fingerprint density at radius 1 is 1.15 bits per heavy atom. The highest BCUT2D eigenvalue weighted by molar-refractivity contribution is 6.10. The molecule has 248 valence electrons. The molecular formula is C35H40F3N7O2. The molecule has 3 aliphatic heterocycles. The summed E-state index contributed by atoms with van der Waals surface area (Å²) in [7, 11) is 1.92. The Morgan fingerprint density at radius 3 is 2.55 bits per heavy atom. The molecule has 12 heteroatoms. The van der Waals surface area contributed by atoms with E-state index in [9.17, 15) is 22.8 Å². The third-order valence-corrected chi connectivity index (χ3v) is 10.6. The number of fused-ring (bicyclic) bond motifs is 1. The Labute approximate surface area is 272 Å². The molecule has 1 aromatic heterocycles. The summed E-state index contributed by atoms with van der Waals surface area (Å²) < 4.78 is 45.7. The van der Waals surface area contributed by atoms with Crippen LogP contribution in [0.1, 0.15) is 71.5 Å². The predicted molar refractivity (Wildman–Crippen MR) is 172 cm³/mol. The van der Waals surface area contributed by atoms with Gasteiger partial charge in [-0.2, -0.15) is 13.2 Å². The summed E-state index contributed by atoms with van der Waals surface area (Å²) in [4.78, 5) is 31.4. The van der Waals surface area contributed by atoms with E-state index in [1.807, 2.05) is 30.7 Å². The smallest absolute Gasteiger partial charge is 0.385 e. The molecule has 47 heavy (non-hydrogen) atoms. The topological polar surface area (TPSA) is 86.6 Å². The normalized spacial score (nSPS) is 23.5. The number of nitrogens with zero attached hydrogens (tertiary/aromatic N) is 6. The summed E-state index contributed by atoms with van der Waals surface area (Å²) in [6.45, 7) is 11.2. The van der Waals surface area contributed by atoms with E-state index < -0.39 is 23.1 Å². The first-order valence-corrected chi connectivity index (χ1v) is 16.3. The van der Waals surface area contributed by atoms with Crippen molar-refractivity contribution >= 4 is 23.2 Å². The lowest BCUT2D eigenvalue weighted by molar-refractivity contribution is -0.138. The van der Waals surface area contributed by atoms with E-state index >= 15 is 0 Å². The first kappa shape index (κ1) is 31.4. The van der Waals surface area contributed by atoms with Gasteiger partial charge in [0.1, 0.15) is 12.2 Å². The molecule has 1 aliphatic carbocycles. The monoisotopic (exact) mass is 647 g/mol. The molecule has 0 bridgehead atoms. The van der Waals surface area contributed by atoms with Gasteiger partial charge in [0.05, 0.1) is 17.5 Å². The molecule has 2 saturated heterocycles. The lowest BCUT2D eigenvalue weighted by Crippen LogP contribution is -2.59. The molecule has 7 rings (SSSR count). The van der Waals surface area contributed by atoms with Crippen molar-refractivity contribution in [1.29, 1.82) is 0 Å². The van der Waals surface area contributed by atoms with Gasteiger partial charge in [0.15, 0.2) is 0 Å². The summed E-state index contributed by atoms with van der Waals surface area (Å²) in [6, 6.07) is 8.73.